The maximum Gasteiger partial charge on any atom is 0.410 e. The van der Waals surface area contributed by atoms with E-state index in [2.05, 4.69) is 0 Å². The number of likely N-dealkylation sites (tertiary alicyclic amines) is 1. The van der Waals surface area contributed by atoms with E-state index in [0.717, 1.165) is 17.7 Å². The molecule has 1 heterocycles. The molecule has 1 aliphatic rings. The van der Waals surface area contributed by atoms with Crippen molar-refractivity contribution in [3.8, 4) is 0 Å². The zero-order valence-corrected chi connectivity index (χ0v) is 9.09. The highest BCUT2D eigenvalue weighted by Crippen LogP contribution is 2.26. The van der Waals surface area contributed by atoms with Crippen molar-refractivity contribution < 1.29 is 18.0 Å². The van der Waals surface area contributed by atoms with E-state index in [1.54, 1.807) is 0 Å². The Balaban J connectivity index is 2.75. The molecule has 0 aliphatic carbocycles. The number of nitrogens with zero attached hydrogens (tertiary/aromatic N) is 1. The summed E-state index contributed by atoms with van der Waals surface area (Å²) in [6.07, 6.45) is -1.14. The fraction of sp³-hybridized carbons (Fsp3) is 0.900. The minimum absolute atomic E-state index is 0.167. The first-order chi connectivity index (χ1) is 7.46. The van der Waals surface area contributed by atoms with Gasteiger partial charge < -0.3 is 10.6 Å². The van der Waals surface area contributed by atoms with Crippen LogP contribution >= 0.6 is 0 Å². The number of carbonyl (C=O) groups is 1. The number of nitrogens with two attached hydrogens (primary N) is 1. The first kappa shape index (κ1) is 13.3. The monoisotopic (exact) mass is 238 g/mol. The predicted molar refractivity (Wildman–Crippen MR) is 53.7 cm³/mol. The molecule has 6 heteroatoms. The molecule has 0 aromatic rings. The number of hydrogen-bond acceptors (Lipinski definition) is 2. The third kappa shape index (κ3) is 3.37. The van der Waals surface area contributed by atoms with Crippen molar-refractivity contribution in [1.29, 1.82) is 0 Å². The molecule has 0 aromatic heterocycles. The fourth-order valence-corrected chi connectivity index (χ4v) is 1.95. The van der Waals surface area contributed by atoms with Crippen molar-refractivity contribution in [3.63, 3.8) is 0 Å². The van der Waals surface area contributed by atoms with E-state index >= 15 is 0 Å². The highest BCUT2D eigenvalue weighted by Gasteiger charge is 2.44. The van der Waals surface area contributed by atoms with Crippen molar-refractivity contribution in [2.45, 2.75) is 44.3 Å². The van der Waals surface area contributed by atoms with Crippen LogP contribution in [-0.2, 0) is 4.79 Å². The first-order valence-corrected chi connectivity index (χ1v) is 5.53. The third-order valence-electron chi connectivity index (χ3n) is 2.84. The molecule has 3 nitrogen and oxygen atoms in total. The van der Waals surface area contributed by atoms with Crippen LogP contribution < -0.4 is 5.73 Å². The summed E-state index contributed by atoms with van der Waals surface area (Å²) in [7, 11) is 0. The molecule has 0 spiro atoms. The van der Waals surface area contributed by atoms with Crippen LogP contribution in [0.1, 0.15) is 32.1 Å². The van der Waals surface area contributed by atoms with Crippen LogP contribution in [0, 0.1) is 0 Å². The standard InChI is InChI=1S/C10H17F3N2O/c11-10(12,13)8(7-14)15-6-4-2-1-3-5-9(15)16/h8H,1-7,14H2. The molecule has 0 aromatic carbocycles. The maximum atomic E-state index is 12.6. The third-order valence-corrected chi connectivity index (χ3v) is 2.84. The maximum absolute atomic E-state index is 12.6. The molecule has 1 amide bonds. The molecular weight excluding hydrogens is 221 g/mol. The van der Waals surface area contributed by atoms with Crippen molar-refractivity contribution >= 4 is 5.91 Å². The normalized spacial score (nSPS) is 21.5. The molecule has 1 saturated heterocycles. The number of alkyl halides is 3. The van der Waals surface area contributed by atoms with Crippen LogP contribution in [0.2, 0.25) is 0 Å². The lowest BCUT2D eigenvalue weighted by Gasteiger charge is -2.33. The second-order valence-electron chi connectivity index (χ2n) is 4.04. The minimum atomic E-state index is -4.43. The van der Waals surface area contributed by atoms with E-state index in [9.17, 15) is 18.0 Å². The SMILES string of the molecule is NCC(N1CCCCCCC1=O)C(F)(F)F. The van der Waals surface area contributed by atoms with Gasteiger partial charge in [-0.1, -0.05) is 12.8 Å². The van der Waals surface area contributed by atoms with Gasteiger partial charge in [0.1, 0.15) is 6.04 Å². The second-order valence-corrected chi connectivity index (χ2v) is 4.04. The molecule has 0 saturated carbocycles. The van der Waals surface area contributed by atoms with Gasteiger partial charge in [-0.2, -0.15) is 13.2 Å². The molecule has 1 fully saturated rings. The fourth-order valence-electron chi connectivity index (χ4n) is 1.95. The van der Waals surface area contributed by atoms with Crippen LogP contribution in [0.25, 0.3) is 0 Å². The van der Waals surface area contributed by atoms with E-state index in [0.29, 0.717) is 12.8 Å². The Bertz CT molecular complexity index is 243. The number of amides is 1. The van der Waals surface area contributed by atoms with E-state index in [1.165, 1.54) is 0 Å². The van der Waals surface area contributed by atoms with Gasteiger partial charge in [0.05, 0.1) is 0 Å². The highest BCUT2D eigenvalue weighted by molar-refractivity contribution is 5.76. The average molecular weight is 238 g/mol. The summed E-state index contributed by atoms with van der Waals surface area (Å²) >= 11 is 0. The summed E-state index contributed by atoms with van der Waals surface area (Å²) in [6.45, 7) is -0.393. The zero-order chi connectivity index (χ0) is 12.2. The van der Waals surface area contributed by atoms with Crippen molar-refractivity contribution in [2.24, 2.45) is 5.73 Å². The van der Waals surface area contributed by atoms with Gasteiger partial charge in [0.2, 0.25) is 5.91 Å². The summed E-state index contributed by atoms with van der Waals surface area (Å²) in [6, 6.07) is -1.82. The van der Waals surface area contributed by atoms with E-state index in [4.69, 9.17) is 5.73 Å². The summed E-state index contributed by atoms with van der Waals surface area (Å²) in [5, 5.41) is 0. The summed E-state index contributed by atoms with van der Waals surface area (Å²) in [5.41, 5.74) is 5.13. The van der Waals surface area contributed by atoms with Crippen molar-refractivity contribution in [2.75, 3.05) is 13.1 Å². The lowest BCUT2D eigenvalue weighted by atomic mass is 10.1. The van der Waals surface area contributed by atoms with E-state index in [-0.39, 0.29) is 13.0 Å². The number of carbonyl (C=O) groups excluding carboxylic acids is 1. The van der Waals surface area contributed by atoms with Crippen LogP contribution in [-0.4, -0.2) is 36.1 Å². The minimum Gasteiger partial charge on any atom is -0.329 e. The van der Waals surface area contributed by atoms with Crippen molar-refractivity contribution in [3.05, 3.63) is 0 Å². The number of rotatable bonds is 2. The van der Waals surface area contributed by atoms with Gasteiger partial charge >= 0.3 is 6.18 Å². The van der Waals surface area contributed by atoms with Gasteiger partial charge in [-0.25, -0.2) is 0 Å². The lowest BCUT2D eigenvalue weighted by molar-refractivity contribution is -0.188. The Morgan fingerprint density at radius 1 is 1.25 bits per heavy atom. The summed E-state index contributed by atoms with van der Waals surface area (Å²) in [4.78, 5) is 12.5. The molecule has 1 rings (SSSR count). The lowest BCUT2D eigenvalue weighted by Crippen LogP contribution is -2.53. The Labute approximate surface area is 92.8 Å². The smallest absolute Gasteiger partial charge is 0.329 e. The Morgan fingerprint density at radius 2 is 1.88 bits per heavy atom. The number of hydrogen-bond donors (Lipinski definition) is 1. The van der Waals surface area contributed by atoms with Crippen molar-refractivity contribution in [1.82, 2.24) is 4.90 Å². The molecule has 1 atom stereocenters. The second kappa shape index (κ2) is 5.52. The zero-order valence-electron chi connectivity index (χ0n) is 9.09. The Kier molecular flexibility index (Phi) is 4.58. The number of halogens is 3. The Hall–Kier alpha value is -0.780. The van der Waals surface area contributed by atoms with Gasteiger partial charge in [-0.05, 0) is 12.8 Å². The van der Waals surface area contributed by atoms with Gasteiger partial charge in [0, 0.05) is 19.5 Å². The van der Waals surface area contributed by atoms with Gasteiger partial charge in [-0.15, -0.1) is 0 Å². The average Bonchev–Trinajstić information content (AvgIpc) is 2.15. The molecule has 1 aliphatic heterocycles. The van der Waals surface area contributed by atoms with Crippen LogP contribution in [0.5, 0.6) is 0 Å². The Morgan fingerprint density at radius 3 is 2.44 bits per heavy atom. The predicted octanol–water partition coefficient (Wildman–Crippen LogP) is 1.67. The van der Waals surface area contributed by atoms with Gasteiger partial charge in [0.25, 0.3) is 0 Å². The van der Waals surface area contributed by atoms with Crippen LogP contribution in [0.15, 0.2) is 0 Å². The van der Waals surface area contributed by atoms with Gasteiger partial charge in [-0.3, -0.25) is 4.79 Å². The quantitative estimate of drug-likeness (QED) is 0.795. The molecule has 0 bridgehead atoms. The van der Waals surface area contributed by atoms with Crippen LogP contribution in [0.4, 0.5) is 13.2 Å². The summed E-state index contributed by atoms with van der Waals surface area (Å²) in [5.74, 6) is -0.424. The van der Waals surface area contributed by atoms with Crippen LogP contribution in [0.3, 0.4) is 0 Å². The molecule has 0 radical (unpaired) electrons. The topological polar surface area (TPSA) is 46.3 Å². The summed E-state index contributed by atoms with van der Waals surface area (Å²) < 4.78 is 37.9. The molecular formula is C10H17F3N2O. The largest absolute Gasteiger partial charge is 0.410 e. The molecule has 16 heavy (non-hydrogen) atoms. The van der Waals surface area contributed by atoms with E-state index < -0.39 is 24.7 Å². The molecule has 2 N–H and O–H groups in total. The molecule has 94 valence electrons. The molecule has 1 unspecified atom stereocenters. The van der Waals surface area contributed by atoms with Gasteiger partial charge in [0.15, 0.2) is 0 Å². The van der Waals surface area contributed by atoms with E-state index in [1.807, 2.05) is 0 Å². The highest BCUT2D eigenvalue weighted by atomic mass is 19.4. The first-order valence-electron chi connectivity index (χ1n) is 5.53.